The summed E-state index contributed by atoms with van der Waals surface area (Å²) in [5.41, 5.74) is 14.2. The van der Waals surface area contributed by atoms with Gasteiger partial charge in [-0.25, -0.2) is 9.97 Å². The van der Waals surface area contributed by atoms with Crippen molar-refractivity contribution >= 4 is 23.3 Å². The van der Waals surface area contributed by atoms with E-state index in [1.165, 1.54) is 11.8 Å². The monoisotopic (exact) mass is 449 g/mol. The van der Waals surface area contributed by atoms with Gasteiger partial charge in [0.05, 0.1) is 5.69 Å². The van der Waals surface area contributed by atoms with Gasteiger partial charge in [-0.2, -0.15) is 5.26 Å². The highest BCUT2D eigenvalue weighted by atomic mass is 32.2. The first kappa shape index (κ1) is 21.9. The van der Waals surface area contributed by atoms with E-state index in [-0.39, 0.29) is 0 Å². The second-order valence-corrected chi connectivity index (χ2v) is 7.97. The van der Waals surface area contributed by atoms with Crippen LogP contribution in [0.3, 0.4) is 0 Å². The molecular weight excluding hydrogens is 430 g/mol. The Bertz CT molecular complexity index is 1340. The van der Waals surface area contributed by atoms with Crippen LogP contribution >= 0.6 is 11.8 Å². The molecule has 1 heterocycles. The molecule has 0 aliphatic heterocycles. The van der Waals surface area contributed by atoms with Gasteiger partial charge >= 0.3 is 0 Å². The van der Waals surface area contributed by atoms with Crippen LogP contribution in [0.2, 0.25) is 0 Å². The normalized spacial score (nSPS) is 10.2. The molecule has 8 heteroatoms. The number of anilines is 1. The second kappa shape index (κ2) is 10.3. The van der Waals surface area contributed by atoms with Crippen molar-refractivity contribution in [2.24, 2.45) is 5.11 Å². The minimum absolute atomic E-state index is 0.410. The molecule has 0 saturated carbocycles. The number of hydrogen-bond donors (Lipinski definition) is 1. The molecule has 0 aliphatic carbocycles. The summed E-state index contributed by atoms with van der Waals surface area (Å²) in [6.07, 6.45) is 0. The van der Waals surface area contributed by atoms with E-state index < -0.39 is 0 Å². The van der Waals surface area contributed by atoms with Crippen LogP contribution in [0.1, 0.15) is 11.1 Å². The van der Waals surface area contributed by atoms with Crippen LogP contribution < -0.4 is 5.32 Å². The number of rotatable bonds is 7. The van der Waals surface area contributed by atoms with Gasteiger partial charge in [0.2, 0.25) is 0 Å². The Labute approximate surface area is 195 Å². The van der Waals surface area contributed by atoms with E-state index in [0.29, 0.717) is 33.7 Å². The number of nitriles is 1. The largest absolute Gasteiger partial charge is 0.372 e. The first-order valence-corrected chi connectivity index (χ1v) is 11.1. The number of benzene rings is 3. The van der Waals surface area contributed by atoms with Crippen LogP contribution in [-0.4, -0.2) is 17.0 Å². The molecule has 33 heavy (non-hydrogen) atoms. The van der Waals surface area contributed by atoms with Crippen LogP contribution in [0.25, 0.3) is 32.8 Å². The van der Waals surface area contributed by atoms with Gasteiger partial charge in [-0.1, -0.05) is 95.7 Å². The molecule has 0 radical (unpaired) electrons. The molecule has 7 nitrogen and oxygen atoms in total. The fourth-order valence-corrected chi connectivity index (χ4v) is 4.11. The Kier molecular flexibility index (Phi) is 6.86. The average molecular weight is 450 g/mol. The van der Waals surface area contributed by atoms with Gasteiger partial charge in [-0.15, -0.1) is 0 Å². The highest BCUT2D eigenvalue weighted by Crippen LogP contribution is 2.31. The minimum atomic E-state index is 0.410. The van der Waals surface area contributed by atoms with Gasteiger partial charge in [0, 0.05) is 29.0 Å². The zero-order valence-corrected chi connectivity index (χ0v) is 18.6. The predicted molar refractivity (Wildman–Crippen MR) is 132 cm³/mol. The lowest BCUT2D eigenvalue weighted by molar-refractivity contribution is 0.968. The number of aromatic nitrogens is 2. The van der Waals surface area contributed by atoms with Gasteiger partial charge in [0.1, 0.15) is 17.5 Å². The molecule has 160 valence electrons. The maximum atomic E-state index is 9.78. The number of hydrogen-bond acceptors (Lipinski definition) is 6. The van der Waals surface area contributed by atoms with Crippen molar-refractivity contribution in [3.05, 3.63) is 100 Å². The van der Waals surface area contributed by atoms with Crippen LogP contribution in [0.5, 0.6) is 0 Å². The Balaban J connectivity index is 1.63. The summed E-state index contributed by atoms with van der Waals surface area (Å²) in [6.45, 7) is 0. The summed E-state index contributed by atoms with van der Waals surface area (Å²) < 4.78 is 0. The van der Waals surface area contributed by atoms with Crippen molar-refractivity contribution in [2.75, 3.05) is 12.4 Å². The van der Waals surface area contributed by atoms with E-state index >= 15 is 0 Å². The Morgan fingerprint density at radius 2 is 1.61 bits per heavy atom. The molecule has 0 aliphatic rings. The first-order valence-electron chi connectivity index (χ1n) is 10.1. The predicted octanol–water partition coefficient (Wildman–Crippen LogP) is 6.96. The summed E-state index contributed by atoms with van der Waals surface area (Å²) in [5.74, 6) is 1.13. The Morgan fingerprint density at radius 3 is 2.24 bits per heavy atom. The molecule has 1 aromatic heterocycles. The third-order valence-electron chi connectivity index (χ3n) is 4.97. The van der Waals surface area contributed by atoms with Crippen LogP contribution in [-0.2, 0) is 5.75 Å². The minimum Gasteiger partial charge on any atom is -0.372 e. The average Bonchev–Trinajstić information content (AvgIpc) is 2.88. The summed E-state index contributed by atoms with van der Waals surface area (Å²) in [4.78, 5) is 12.0. The molecule has 0 bridgehead atoms. The molecule has 4 aromatic rings. The number of thioether (sulfide) groups is 1. The van der Waals surface area contributed by atoms with Crippen LogP contribution in [0, 0.1) is 11.3 Å². The van der Waals surface area contributed by atoms with Gasteiger partial charge in [-0.3, -0.25) is 0 Å². The second-order valence-electron chi connectivity index (χ2n) is 7.03. The van der Waals surface area contributed by atoms with Crippen molar-refractivity contribution < 1.29 is 0 Å². The highest BCUT2D eigenvalue weighted by molar-refractivity contribution is 7.98. The molecule has 0 unspecified atom stereocenters. The highest BCUT2D eigenvalue weighted by Gasteiger charge is 2.16. The number of nitrogens with zero attached hydrogens (tertiary/aromatic N) is 6. The topological polar surface area (TPSA) is 110 Å². The SMILES string of the molecule is CNc1nc(SCc2ccc(N=[N+]=[N-])cc2)nc(-c2ccc(-c3ccccc3)cc2)c1C#N. The quantitative estimate of drug-likeness (QED) is 0.108. The van der Waals surface area contributed by atoms with Gasteiger partial charge < -0.3 is 5.32 Å². The van der Waals surface area contributed by atoms with Crippen LogP contribution in [0.15, 0.2) is 89.1 Å². The zero-order valence-electron chi connectivity index (χ0n) is 17.8. The van der Waals surface area contributed by atoms with E-state index in [2.05, 4.69) is 38.5 Å². The van der Waals surface area contributed by atoms with Crippen LogP contribution in [0.4, 0.5) is 11.5 Å². The van der Waals surface area contributed by atoms with E-state index in [0.717, 1.165) is 22.3 Å². The summed E-state index contributed by atoms with van der Waals surface area (Å²) >= 11 is 1.48. The molecule has 0 spiro atoms. The molecule has 0 fully saturated rings. The van der Waals surface area contributed by atoms with Crippen molar-refractivity contribution in [3.8, 4) is 28.5 Å². The maximum Gasteiger partial charge on any atom is 0.190 e. The molecule has 0 atom stereocenters. The van der Waals surface area contributed by atoms with Gasteiger partial charge in [0.15, 0.2) is 5.16 Å². The lowest BCUT2D eigenvalue weighted by Gasteiger charge is -2.11. The number of nitrogens with one attached hydrogen (secondary N) is 1. The standard InChI is InChI=1S/C25H19N7S/c1-28-24-22(15-26)23(20-11-9-19(10-12-20)18-5-3-2-4-6-18)29-25(30-24)33-16-17-7-13-21(14-8-17)31-32-27/h2-14H,16H2,1H3,(H,28,29,30). The van der Waals surface area contributed by atoms with E-state index in [1.807, 2.05) is 54.6 Å². The van der Waals surface area contributed by atoms with Crippen molar-refractivity contribution in [3.63, 3.8) is 0 Å². The van der Waals surface area contributed by atoms with E-state index in [4.69, 9.17) is 10.5 Å². The first-order chi connectivity index (χ1) is 16.2. The summed E-state index contributed by atoms with van der Waals surface area (Å²) in [6, 6.07) is 27.8. The molecule has 0 saturated heterocycles. The molecule has 1 N–H and O–H groups in total. The Hall–Kier alpha value is -4.31. The summed E-state index contributed by atoms with van der Waals surface area (Å²) in [5, 5.41) is 17.0. The number of azide groups is 1. The molecular formula is C25H19N7S. The van der Waals surface area contributed by atoms with Crippen molar-refractivity contribution in [2.45, 2.75) is 10.9 Å². The van der Waals surface area contributed by atoms with Crippen molar-refractivity contribution in [1.82, 2.24) is 9.97 Å². The fourth-order valence-electron chi connectivity index (χ4n) is 3.31. The molecule has 4 rings (SSSR count). The third kappa shape index (κ3) is 5.13. The maximum absolute atomic E-state index is 9.78. The molecule has 0 amide bonds. The van der Waals surface area contributed by atoms with Crippen molar-refractivity contribution in [1.29, 1.82) is 5.26 Å². The fraction of sp³-hybridized carbons (Fsp3) is 0.0800. The smallest absolute Gasteiger partial charge is 0.190 e. The lowest BCUT2D eigenvalue weighted by atomic mass is 10.0. The molecule has 3 aromatic carbocycles. The van der Waals surface area contributed by atoms with Gasteiger partial charge in [-0.05, 0) is 22.2 Å². The lowest BCUT2D eigenvalue weighted by Crippen LogP contribution is -2.03. The van der Waals surface area contributed by atoms with E-state index in [1.54, 1.807) is 19.2 Å². The van der Waals surface area contributed by atoms with Gasteiger partial charge in [0.25, 0.3) is 0 Å². The summed E-state index contributed by atoms with van der Waals surface area (Å²) in [7, 11) is 1.74. The Morgan fingerprint density at radius 1 is 0.939 bits per heavy atom. The zero-order chi connectivity index (χ0) is 23.0. The third-order valence-corrected chi connectivity index (χ3v) is 5.89. The van der Waals surface area contributed by atoms with E-state index in [9.17, 15) is 5.26 Å².